The molecule has 134 valence electrons. The summed E-state index contributed by atoms with van der Waals surface area (Å²) in [7, 11) is 0. The fraction of sp³-hybridized carbons (Fsp3) is 0.526. The second-order valence-corrected chi connectivity index (χ2v) is 7.18. The van der Waals surface area contributed by atoms with Gasteiger partial charge in [0.1, 0.15) is 5.69 Å². The summed E-state index contributed by atoms with van der Waals surface area (Å²) >= 11 is 0. The van der Waals surface area contributed by atoms with E-state index in [0.29, 0.717) is 12.1 Å². The number of aromatic nitrogens is 3. The van der Waals surface area contributed by atoms with Crippen LogP contribution in [0.2, 0.25) is 0 Å². The van der Waals surface area contributed by atoms with E-state index in [0.717, 1.165) is 24.1 Å². The molecule has 25 heavy (non-hydrogen) atoms. The maximum absolute atomic E-state index is 12.3. The van der Waals surface area contributed by atoms with Crippen molar-refractivity contribution in [2.75, 3.05) is 0 Å². The number of nitrogens with zero attached hydrogens (tertiary/aromatic N) is 2. The van der Waals surface area contributed by atoms with Gasteiger partial charge in [-0.1, -0.05) is 54.8 Å². The highest BCUT2D eigenvalue weighted by atomic mass is 16.6. The van der Waals surface area contributed by atoms with E-state index in [2.05, 4.69) is 20.7 Å². The summed E-state index contributed by atoms with van der Waals surface area (Å²) in [5.74, 6) is 0. The van der Waals surface area contributed by atoms with Crippen LogP contribution in [0.25, 0.3) is 0 Å². The molecule has 6 nitrogen and oxygen atoms in total. The topological polar surface area (TPSA) is 79.9 Å². The van der Waals surface area contributed by atoms with Gasteiger partial charge in [0.2, 0.25) is 0 Å². The van der Waals surface area contributed by atoms with Gasteiger partial charge in [-0.2, -0.15) is 0 Å². The third-order valence-electron chi connectivity index (χ3n) is 4.69. The van der Waals surface area contributed by atoms with Gasteiger partial charge >= 0.3 is 6.09 Å². The molecule has 0 spiro atoms. The molecule has 6 heteroatoms. The van der Waals surface area contributed by atoms with Gasteiger partial charge in [-0.25, -0.2) is 4.79 Å². The Bertz CT molecular complexity index is 690. The van der Waals surface area contributed by atoms with E-state index in [1.54, 1.807) is 0 Å². The largest absolute Gasteiger partial charge is 0.437 e. The van der Waals surface area contributed by atoms with Gasteiger partial charge in [-0.05, 0) is 32.3 Å². The van der Waals surface area contributed by atoms with Gasteiger partial charge < -0.3 is 10.1 Å². The van der Waals surface area contributed by atoms with Crippen LogP contribution < -0.4 is 5.32 Å². The van der Waals surface area contributed by atoms with E-state index in [9.17, 15) is 4.79 Å². The van der Waals surface area contributed by atoms with Gasteiger partial charge in [0.05, 0.1) is 5.69 Å². The summed E-state index contributed by atoms with van der Waals surface area (Å²) in [6, 6.07) is 10.3. The molecule has 0 atom stereocenters. The van der Waals surface area contributed by atoms with E-state index in [-0.39, 0.29) is 12.1 Å². The smallest absolute Gasteiger partial charge is 0.408 e. The first-order valence-corrected chi connectivity index (χ1v) is 8.98. The minimum Gasteiger partial charge on any atom is -0.437 e. The van der Waals surface area contributed by atoms with E-state index in [1.165, 1.54) is 19.3 Å². The minimum atomic E-state index is -0.851. The van der Waals surface area contributed by atoms with Crippen molar-refractivity contribution in [3.63, 3.8) is 0 Å². The van der Waals surface area contributed by atoms with Crippen LogP contribution in [0.5, 0.6) is 0 Å². The fourth-order valence-corrected chi connectivity index (χ4v) is 3.38. The number of hydrogen-bond acceptors (Lipinski definition) is 4. The molecule has 1 aliphatic rings. The summed E-state index contributed by atoms with van der Waals surface area (Å²) < 4.78 is 5.69. The van der Waals surface area contributed by atoms with Crippen molar-refractivity contribution >= 4 is 6.09 Å². The first kappa shape index (κ1) is 17.5. The number of aromatic amines is 1. The molecule has 1 aromatic carbocycles. The molecule has 1 saturated carbocycles. The number of carbonyl (C=O) groups is 1. The molecule has 0 radical (unpaired) electrons. The Morgan fingerprint density at radius 3 is 2.68 bits per heavy atom. The van der Waals surface area contributed by atoms with Crippen molar-refractivity contribution in [2.24, 2.45) is 0 Å². The highest BCUT2D eigenvalue weighted by molar-refractivity contribution is 5.68. The lowest BCUT2D eigenvalue weighted by molar-refractivity contribution is 0.0297. The minimum absolute atomic E-state index is 0.221. The Kier molecular flexibility index (Phi) is 5.36. The van der Waals surface area contributed by atoms with Crippen molar-refractivity contribution < 1.29 is 9.53 Å². The second-order valence-electron chi connectivity index (χ2n) is 7.18. The van der Waals surface area contributed by atoms with Gasteiger partial charge in [-0.3, -0.25) is 5.10 Å². The van der Waals surface area contributed by atoms with E-state index < -0.39 is 5.60 Å². The highest BCUT2D eigenvalue weighted by Gasteiger charge is 2.32. The average molecular weight is 342 g/mol. The lowest BCUT2D eigenvalue weighted by atomic mass is 9.96. The molecule has 0 saturated heterocycles. The van der Waals surface area contributed by atoms with Gasteiger partial charge in [-0.15, -0.1) is 5.10 Å². The molecule has 0 bridgehead atoms. The second kappa shape index (κ2) is 7.68. The van der Waals surface area contributed by atoms with Crippen LogP contribution in [-0.2, 0) is 16.8 Å². The Labute approximate surface area is 148 Å². The van der Waals surface area contributed by atoms with Crippen molar-refractivity contribution in [1.82, 2.24) is 20.7 Å². The molecule has 3 rings (SSSR count). The molecule has 1 aliphatic carbocycles. The van der Waals surface area contributed by atoms with Crippen molar-refractivity contribution in [2.45, 2.75) is 64.0 Å². The first-order chi connectivity index (χ1) is 12.0. The monoisotopic (exact) mass is 342 g/mol. The maximum Gasteiger partial charge on any atom is 0.408 e. The van der Waals surface area contributed by atoms with Gasteiger partial charge in [0, 0.05) is 12.5 Å². The van der Waals surface area contributed by atoms with Crippen LogP contribution in [0.3, 0.4) is 0 Å². The predicted molar refractivity (Wildman–Crippen MR) is 95.1 cm³/mol. The standard InChI is InChI=1S/C19H26N4O2/c1-19(2,25-18(24)20-15-11-7-4-8-12-15)17-16(21-23-22-17)13-14-9-5-3-6-10-14/h3,5-6,9-10,15H,4,7-8,11-13H2,1-2H3,(H,20,24)(H,21,22,23). The SMILES string of the molecule is CC(C)(OC(=O)NC1CCCCC1)c1nn[nH]c1Cc1ccccc1. The summed E-state index contributed by atoms with van der Waals surface area (Å²) in [5, 5.41) is 14.0. The summed E-state index contributed by atoms with van der Waals surface area (Å²) in [4.78, 5) is 12.3. The van der Waals surface area contributed by atoms with Crippen LogP contribution in [0.15, 0.2) is 30.3 Å². The van der Waals surface area contributed by atoms with Crippen molar-refractivity contribution in [3.8, 4) is 0 Å². The number of rotatable bonds is 5. The van der Waals surface area contributed by atoms with Gasteiger partial charge in [0.15, 0.2) is 5.60 Å². The molecule has 0 aliphatic heterocycles. The molecule has 2 N–H and O–H groups in total. The summed E-state index contributed by atoms with van der Waals surface area (Å²) in [6.07, 6.45) is 5.92. The number of carbonyl (C=O) groups excluding carboxylic acids is 1. The number of alkyl carbamates (subject to hydrolysis) is 1. The number of ether oxygens (including phenoxy) is 1. The molecular weight excluding hydrogens is 316 g/mol. The normalized spacial score (nSPS) is 15.8. The van der Waals surface area contributed by atoms with Crippen LogP contribution in [0, 0.1) is 0 Å². The molecule has 2 aromatic rings. The third kappa shape index (κ3) is 4.59. The molecule has 1 heterocycles. The van der Waals surface area contributed by atoms with Crippen molar-refractivity contribution in [3.05, 3.63) is 47.3 Å². The molecule has 1 amide bonds. The van der Waals surface area contributed by atoms with E-state index in [1.807, 2.05) is 44.2 Å². The molecule has 1 aromatic heterocycles. The van der Waals surface area contributed by atoms with Gasteiger partial charge in [0.25, 0.3) is 0 Å². The van der Waals surface area contributed by atoms with E-state index >= 15 is 0 Å². The Morgan fingerprint density at radius 2 is 1.96 bits per heavy atom. The maximum atomic E-state index is 12.3. The van der Waals surface area contributed by atoms with Crippen LogP contribution in [-0.4, -0.2) is 27.5 Å². The molecular formula is C19H26N4O2. The number of benzene rings is 1. The highest BCUT2D eigenvalue weighted by Crippen LogP contribution is 2.27. The lowest BCUT2D eigenvalue weighted by Gasteiger charge is -2.27. The number of nitrogens with one attached hydrogen (secondary N) is 2. The molecule has 0 unspecified atom stereocenters. The Morgan fingerprint density at radius 1 is 1.24 bits per heavy atom. The van der Waals surface area contributed by atoms with E-state index in [4.69, 9.17) is 4.74 Å². The lowest BCUT2D eigenvalue weighted by Crippen LogP contribution is -2.40. The molecule has 1 fully saturated rings. The summed E-state index contributed by atoms with van der Waals surface area (Å²) in [5.41, 5.74) is 1.82. The fourth-order valence-electron chi connectivity index (χ4n) is 3.38. The Balaban J connectivity index is 1.65. The van der Waals surface area contributed by atoms with Crippen LogP contribution in [0.4, 0.5) is 4.79 Å². The zero-order valence-corrected chi connectivity index (χ0v) is 14.9. The Hall–Kier alpha value is -2.37. The van der Waals surface area contributed by atoms with Crippen LogP contribution in [0.1, 0.15) is 62.9 Å². The number of amides is 1. The number of H-pyrrole nitrogens is 1. The summed E-state index contributed by atoms with van der Waals surface area (Å²) in [6.45, 7) is 3.69. The zero-order valence-electron chi connectivity index (χ0n) is 14.9. The van der Waals surface area contributed by atoms with Crippen molar-refractivity contribution in [1.29, 1.82) is 0 Å². The third-order valence-corrected chi connectivity index (χ3v) is 4.69. The average Bonchev–Trinajstić information content (AvgIpc) is 3.05. The number of hydrogen-bond donors (Lipinski definition) is 2. The first-order valence-electron chi connectivity index (χ1n) is 8.98. The quantitative estimate of drug-likeness (QED) is 0.868. The predicted octanol–water partition coefficient (Wildman–Crippen LogP) is 3.69. The van der Waals surface area contributed by atoms with Crippen LogP contribution >= 0.6 is 0 Å². The zero-order chi connectivity index (χ0) is 17.7.